The van der Waals surface area contributed by atoms with Crippen molar-refractivity contribution in [3.8, 4) is 5.75 Å². The van der Waals surface area contributed by atoms with Gasteiger partial charge in [0.2, 0.25) is 10.0 Å². The molecule has 1 fully saturated rings. The molecule has 0 aromatic heterocycles. The second kappa shape index (κ2) is 12.1. The molecule has 1 amide bonds. The number of carbonyl (C=O) groups is 1. The Hall–Kier alpha value is -1.68. The predicted octanol–water partition coefficient (Wildman–Crippen LogP) is 2.04. The molecule has 2 rings (SSSR count). The van der Waals surface area contributed by atoms with Gasteiger partial charge in [0.25, 0.3) is 5.91 Å². The van der Waals surface area contributed by atoms with Crippen LogP contribution in [-0.2, 0) is 19.5 Å². The van der Waals surface area contributed by atoms with Crippen LogP contribution in [0.1, 0.15) is 42.5 Å². The van der Waals surface area contributed by atoms with Crippen LogP contribution in [0.2, 0.25) is 0 Å². The fraction of sp³-hybridized carbons (Fsp3) is 0.650. The van der Waals surface area contributed by atoms with Crippen LogP contribution >= 0.6 is 0 Å². The molecule has 0 radical (unpaired) electrons. The maximum absolute atomic E-state index is 13.2. The maximum atomic E-state index is 13.2. The summed E-state index contributed by atoms with van der Waals surface area (Å²) in [4.78, 5) is 12.5. The van der Waals surface area contributed by atoms with Crippen LogP contribution in [0.15, 0.2) is 23.1 Å². The SMILES string of the molecule is COCCOCCCNC(=O)c1ccc(OC)c(S(=O)(=O)N2CCCCCC2)c1. The van der Waals surface area contributed by atoms with Gasteiger partial charge >= 0.3 is 0 Å². The smallest absolute Gasteiger partial charge is 0.251 e. The lowest BCUT2D eigenvalue weighted by Gasteiger charge is -2.21. The van der Waals surface area contributed by atoms with Crippen LogP contribution in [0.4, 0.5) is 0 Å². The molecule has 1 aromatic carbocycles. The summed E-state index contributed by atoms with van der Waals surface area (Å²) in [6.45, 7) is 2.98. The third-order valence-electron chi connectivity index (χ3n) is 4.79. The highest BCUT2D eigenvalue weighted by atomic mass is 32.2. The van der Waals surface area contributed by atoms with Crippen molar-refractivity contribution in [2.45, 2.75) is 37.0 Å². The van der Waals surface area contributed by atoms with Gasteiger partial charge in [0.15, 0.2) is 0 Å². The molecule has 0 bridgehead atoms. The average Bonchev–Trinajstić information content (AvgIpc) is 3.02. The monoisotopic (exact) mass is 428 g/mol. The largest absolute Gasteiger partial charge is 0.495 e. The van der Waals surface area contributed by atoms with Crippen LogP contribution in [0.5, 0.6) is 5.75 Å². The molecule has 0 aliphatic carbocycles. The van der Waals surface area contributed by atoms with Crippen molar-refractivity contribution in [3.63, 3.8) is 0 Å². The van der Waals surface area contributed by atoms with Gasteiger partial charge in [-0.25, -0.2) is 8.42 Å². The van der Waals surface area contributed by atoms with Gasteiger partial charge in [-0.1, -0.05) is 12.8 Å². The lowest BCUT2D eigenvalue weighted by Crippen LogP contribution is -2.32. The molecule has 29 heavy (non-hydrogen) atoms. The Morgan fingerprint density at radius 3 is 2.45 bits per heavy atom. The second-order valence-corrected chi connectivity index (χ2v) is 8.80. The van der Waals surface area contributed by atoms with Crippen LogP contribution in [0.25, 0.3) is 0 Å². The van der Waals surface area contributed by atoms with E-state index in [4.69, 9.17) is 14.2 Å². The number of ether oxygens (including phenoxy) is 3. The minimum absolute atomic E-state index is 0.0393. The maximum Gasteiger partial charge on any atom is 0.251 e. The molecular formula is C20H32N2O6S. The summed E-state index contributed by atoms with van der Waals surface area (Å²) in [6, 6.07) is 4.52. The average molecular weight is 429 g/mol. The van der Waals surface area contributed by atoms with Gasteiger partial charge in [-0.2, -0.15) is 4.31 Å². The summed E-state index contributed by atoms with van der Waals surface area (Å²) in [6.07, 6.45) is 4.40. The molecule has 164 valence electrons. The summed E-state index contributed by atoms with van der Waals surface area (Å²) < 4.78 is 43.4. The third kappa shape index (κ3) is 6.95. The van der Waals surface area contributed by atoms with Gasteiger partial charge < -0.3 is 19.5 Å². The van der Waals surface area contributed by atoms with Crippen molar-refractivity contribution in [1.29, 1.82) is 0 Å². The highest BCUT2D eigenvalue weighted by molar-refractivity contribution is 7.89. The molecule has 1 aromatic rings. The number of nitrogens with zero attached hydrogens (tertiary/aromatic N) is 1. The van der Waals surface area contributed by atoms with Crippen molar-refractivity contribution >= 4 is 15.9 Å². The zero-order chi connectivity index (χ0) is 21.1. The Bertz CT molecular complexity index is 745. The Morgan fingerprint density at radius 2 is 1.79 bits per heavy atom. The van der Waals surface area contributed by atoms with E-state index in [1.54, 1.807) is 13.2 Å². The summed E-state index contributed by atoms with van der Waals surface area (Å²) in [7, 11) is -0.684. The van der Waals surface area contributed by atoms with Gasteiger partial charge in [-0.05, 0) is 37.5 Å². The first kappa shape index (κ1) is 23.6. The van der Waals surface area contributed by atoms with Crippen molar-refractivity contribution in [3.05, 3.63) is 23.8 Å². The summed E-state index contributed by atoms with van der Waals surface area (Å²) in [5.41, 5.74) is 0.291. The number of amides is 1. The molecule has 1 aliphatic rings. The molecule has 0 unspecified atom stereocenters. The number of sulfonamides is 1. The molecule has 0 atom stereocenters. The van der Waals surface area contributed by atoms with Gasteiger partial charge in [0.1, 0.15) is 10.6 Å². The molecule has 1 N–H and O–H groups in total. The topological polar surface area (TPSA) is 94.2 Å². The number of rotatable bonds is 11. The quantitative estimate of drug-likeness (QED) is 0.542. The minimum Gasteiger partial charge on any atom is -0.495 e. The third-order valence-corrected chi connectivity index (χ3v) is 6.71. The van der Waals surface area contributed by atoms with Crippen molar-refractivity contribution in [2.75, 3.05) is 53.7 Å². The van der Waals surface area contributed by atoms with E-state index in [0.29, 0.717) is 51.4 Å². The Balaban J connectivity index is 2.04. The van der Waals surface area contributed by atoms with Gasteiger partial charge in [0, 0.05) is 38.9 Å². The molecule has 8 nitrogen and oxygen atoms in total. The standard InChI is InChI=1S/C20H32N2O6S/c1-26-14-15-28-13-7-10-21-20(23)17-8-9-18(27-2)19(16-17)29(24,25)22-11-5-3-4-6-12-22/h8-9,16H,3-7,10-15H2,1-2H3,(H,21,23). The van der Waals surface area contributed by atoms with E-state index in [2.05, 4.69) is 5.32 Å². The Morgan fingerprint density at radius 1 is 1.07 bits per heavy atom. The van der Waals surface area contributed by atoms with E-state index < -0.39 is 10.0 Å². The first-order chi connectivity index (χ1) is 14.0. The second-order valence-electron chi connectivity index (χ2n) is 6.90. The van der Waals surface area contributed by atoms with Crippen LogP contribution < -0.4 is 10.1 Å². The number of carbonyl (C=O) groups excluding carboxylic acids is 1. The van der Waals surface area contributed by atoms with Crippen molar-refractivity contribution in [2.24, 2.45) is 0 Å². The zero-order valence-corrected chi connectivity index (χ0v) is 18.1. The fourth-order valence-corrected chi connectivity index (χ4v) is 4.86. The van der Waals surface area contributed by atoms with E-state index in [9.17, 15) is 13.2 Å². The molecule has 1 saturated heterocycles. The summed E-state index contributed by atoms with van der Waals surface area (Å²) in [5, 5.41) is 2.80. The van der Waals surface area contributed by atoms with Crippen molar-refractivity contribution in [1.82, 2.24) is 9.62 Å². The fourth-order valence-electron chi connectivity index (χ4n) is 3.16. The van der Waals surface area contributed by atoms with Gasteiger partial charge in [-0.15, -0.1) is 0 Å². The number of hydrogen-bond donors (Lipinski definition) is 1. The highest BCUT2D eigenvalue weighted by Crippen LogP contribution is 2.29. The lowest BCUT2D eigenvalue weighted by atomic mass is 10.2. The number of nitrogens with one attached hydrogen (secondary N) is 1. The first-order valence-electron chi connectivity index (χ1n) is 10.0. The van der Waals surface area contributed by atoms with Crippen LogP contribution in [0, 0.1) is 0 Å². The molecule has 1 heterocycles. The molecule has 9 heteroatoms. The normalized spacial score (nSPS) is 15.7. The van der Waals surface area contributed by atoms with Gasteiger partial charge in [0.05, 0.1) is 20.3 Å². The van der Waals surface area contributed by atoms with E-state index in [0.717, 1.165) is 25.7 Å². The Labute approximate surface area is 173 Å². The number of methoxy groups -OCH3 is 2. The first-order valence-corrected chi connectivity index (χ1v) is 11.5. The van der Waals surface area contributed by atoms with Gasteiger partial charge in [-0.3, -0.25) is 4.79 Å². The number of hydrogen-bond acceptors (Lipinski definition) is 6. The van der Waals surface area contributed by atoms with E-state index in [1.807, 2.05) is 0 Å². The predicted molar refractivity (Wildman–Crippen MR) is 110 cm³/mol. The highest BCUT2D eigenvalue weighted by Gasteiger charge is 2.29. The molecule has 0 spiro atoms. The van der Waals surface area contributed by atoms with E-state index in [1.165, 1.54) is 23.5 Å². The molecular weight excluding hydrogens is 396 g/mol. The number of benzene rings is 1. The van der Waals surface area contributed by atoms with Crippen LogP contribution in [-0.4, -0.2) is 72.3 Å². The van der Waals surface area contributed by atoms with E-state index >= 15 is 0 Å². The Kier molecular flexibility index (Phi) is 9.86. The zero-order valence-electron chi connectivity index (χ0n) is 17.3. The van der Waals surface area contributed by atoms with E-state index in [-0.39, 0.29) is 16.6 Å². The molecule has 1 aliphatic heterocycles. The summed E-state index contributed by atoms with van der Waals surface area (Å²) in [5.74, 6) is -0.0748. The van der Waals surface area contributed by atoms with Crippen molar-refractivity contribution < 1.29 is 27.4 Å². The summed E-state index contributed by atoms with van der Waals surface area (Å²) >= 11 is 0. The minimum atomic E-state index is -3.73. The van der Waals surface area contributed by atoms with Crippen LogP contribution in [0.3, 0.4) is 0 Å². The molecule has 0 saturated carbocycles. The lowest BCUT2D eigenvalue weighted by molar-refractivity contribution is 0.0688.